The number of benzene rings is 1. The highest BCUT2D eigenvalue weighted by molar-refractivity contribution is 5.93. The summed E-state index contributed by atoms with van der Waals surface area (Å²) in [4.78, 5) is 21.1. The molecule has 3 rings (SSSR count). The molecule has 1 fully saturated rings. The molecular weight excluding hydrogens is 335 g/mol. The van der Waals surface area contributed by atoms with Gasteiger partial charge in [0.1, 0.15) is 17.4 Å². The largest absolute Gasteiger partial charge is 0.481 e. The van der Waals surface area contributed by atoms with Crippen molar-refractivity contribution in [2.24, 2.45) is 0 Å². The Hall–Kier alpha value is -2.67. The maximum absolute atomic E-state index is 13.2. The minimum absolute atomic E-state index is 0.311. The highest BCUT2D eigenvalue weighted by atomic mass is 19.1. The summed E-state index contributed by atoms with van der Waals surface area (Å²) < 4.78 is 18.6. The Morgan fingerprint density at radius 2 is 2.00 bits per heavy atom. The minimum Gasteiger partial charge on any atom is -0.481 e. The van der Waals surface area contributed by atoms with Gasteiger partial charge in [0.15, 0.2) is 6.10 Å². The second-order valence-corrected chi connectivity index (χ2v) is 6.40. The molecule has 0 aliphatic carbocycles. The Kier molecular flexibility index (Phi) is 5.68. The van der Waals surface area contributed by atoms with Crippen LogP contribution in [-0.2, 0) is 4.79 Å². The van der Waals surface area contributed by atoms with Crippen molar-refractivity contribution in [1.82, 2.24) is 9.88 Å². The summed E-state index contributed by atoms with van der Waals surface area (Å²) in [5, 5.41) is 2.72. The number of rotatable bonds is 5. The molecule has 1 saturated heterocycles. The van der Waals surface area contributed by atoms with Gasteiger partial charge in [-0.1, -0.05) is 6.07 Å². The van der Waals surface area contributed by atoms with Crippen molar-refractivity contribution in [3.63, 3.8) is 0 Å². The average Bonchev–Trinajstić information content (AvgIpc) is 2.63. The van der Waals surface area contributed by atoms with Gasteiger partial charge in [0.05, 0.1) is 11.9 Å². The summed E-state index contributed by atoms with van der Waals surface area (Å²) in [6.07, 6.45) is 0.995. The van der Waals surface area contributed by atoms with Crippen LogP contribution in [0.15, 0.2) is 42.6 Å². The number of pyridine rings is 1. The number of hydrogen-bond donors (Lipinski definition) is 1. The summed E-state index contributed by atoms with van der Waals surface area (Å²) in [7, 11) is 2.11. The third-order valence-corrected chi connectivity index (χ3v) is 4.35. The van der Waals surface area contributed by atoms with E-state index in [4.69, 9.17) is 4.74 Å². The number of carbonyl (C=O) groups is 1. The van der Waals surface area contributed by atoms with Crippen LogP contribution >= 0.6 is 0 Å². The smallest absolute Gasteiger partial charge is 0.266 e. The molecule has 1 aliphatic rings. The van der Waals surface area contributed by atoms with Crippen molar-refractivity contribution in [2.45, 2.75) is 13.0 Å². The van der Waals surface area contributed by atoms with Crippen LogP contribution in [0, 0.1) is 5.82 Å². The zero-order valence-corrected chi connectivity index (χ0v) is 15.0. The van der Waals surface area contributed by atoms with Crippen molar-refractivity contribution in [3.05, 3.63) is 48.4 Å². The van der Waals surface area contributed by atoms with Crippen molar-refractivity contribution >= 4 is 17.4 Å². The quantitative estimate of drug-likeness (QED) is 0.889. The second kappa shape index (κ2) is 8.14. The molecule has 138 valence electrons. The van der Waals surface area contributed by atoms with E-state index in [0.717, 1.165) is 31.9 Å². The molecule has 1 aliphatic heterocycles. The van der Waals surface area contributed by atoms with Crippen LogP contribution in [0.1, 0.15) is 6.92 Å². The van der Waals surface area contributed by atoms with Gasteiger partial charge in [-0.2, -0.15) is 0 Å². The van der Waals surface area contributed by atoms with E-state index < -0.39 is 11.9 Å². The first kappa shape index (κ1) is 18.1. The lowest BCUT2D eigenvalue weighted by atomic mass is 10.3. The second-order valence-electron chi connectivity index (χ2n) is 6.40. The van der Waals surface area contributed by atoms with Gasteiger partial charge in [0.25, 0.3) is 5.91 Å². The topological polar surface area (TPSA) is 57.7 Å². The molecule has 0 saturated carbocycles. The SMILES string of the molecule is CC(Oc1cccc(F)c1)C(=O)Nc1ccc(N2CCN(C)CC2)cn1. The van der Waals surface area contributed by atoms with Crippen molar-refractivity contribution in [1.29, 1.82) is 0 Å². The van der Waals surface area contributed by atoms with E-state index in [9.17, 15) is 9.18 Å². The summed E-state index contributed by atoms with van der Waals surface area (Å²) in [5.74, 6) is 0.0268. The van der Waals surface area contributed by atoms with E-state index in [-0.39, 0.29) is 5.91 Å². The molecule has 2 aromatic rings. The molecule has 1 aromatic heterocycles. The van der Waals surface area contributed by atoms with Gasteiger partial charge >= 0.3 is 0 Å². The Labute approximate surface area is 152 Å². The number of hydrogen-bond acceptors (Lipinski definition) is 5. The van der Waals surface area contributed by atoms with Gasteiger partial charge < -0.3 is 19.9 Å². The normalized spacial score (nSPS) is 16.2. The molecule has 1 aromatic carbocycles. The standard InChI is InChI=1S/C19H23FN4O2/c1-14(26-17-5-3-4-15(20)12-17)19(25)22-18-7-6-16(13-21-18)24-10-8-23(2)9-11-24/h3-7,12-14H,8-11H2,1-2H3,(H,21,22,25). The molecule has 1 amide bonds. The molecule has 0 spiro atoms. The summed E-state index contributed by atoms with van der Waals surface area (Å²) in [6.45, 7) is 5.57. The van der Waals surface area contributed by atoms with Crippen LogP contribution in [0.2, 0.25) is 0 Å². The zero-order chi connectivity index (χ0) is 18.5. The van der Waals surface area contributed by atoms with Crippen LogP contribution in [-0.4, -0.2) is 55.1 Å². The summed E-state index contributed by atoms with van der Waals surface area (Å²) in [6, 6.07) is 9.44. The monoisotopic (exact) mass is 358 g/mol. The lowest BCUT2D eigenvalue weighted by Gasteiger charge is -2.33. The van der Waals surface area contributed by atoms with Gasteiger partial charge in [0.2, 0.25) is 0 Å². The molecule has 1 N–H and O–H groups in total. The number of aromatic nitrogens is 1. The number of halogens is 1. The van der Waals surface area contributed by atoms with E-state index in [1.807, 2.05) is 6.07 Å². The Morgan fingerprint density at radius 3 is 2.65 bits per heavy atom. The fourth-order valence-corrected chi connectivity index (χ4v) is 2.74. The molecular formula is C19H23FN4O2. The van der Waals surface area contributed by atoms with Crippen LogP contribution in [0.4, 0.5) is 15.9 Å². The van der Waals surface area contributed by atoms with Gasteiger partial charge in [-0.3, -0.25) is 4.79 Å². The van der Waals surface area contributed by atoms with Crippen LogP contribution in [0.25, 0.3) is 0 Å². The van der Waals surface area contributed by atoms with Crippen molar-refractivity contribution < 1.29 is 13.9 Å². The Morgan fingerprint density at radius 1 is 1.23 bits per heavy atom. The first-order valence-corrected chi connectivity index (χ1v) is 8.64. The third-order valence-electron chi connectivity index (χ3n) is 4.35. The van der Waals surface area contributed by atoms with Gasteiger partial charge in [-0.15, -0.1) is 0 Å². The number of nitrogens with zero attached hydrogens (tertiary/aromatic N) is 3. The summed E-state index contributed by atoms with van der Waals surface area (Å²) in [5.41, 5.74) is 1.04. The molecule has 1 unspecified atom stereocenters. The number of anilines is 2. The minimum atomic E-state index is -0.768. The number of carbonyl (C=O) groups excluding carboxylic acids is 1. The number of nitrogens with one attached hydrogen (secondary N) is 1. The predicted molar refractivity (Wildman–Crippen MR) is 99.1 cm³/mol. The predicted octanol–water partition coefficient (Wildman–Crippen LogP) is 2.38. The van der Waals surface area contributed by atoms with E-state index in [1.54, 1.807) is 25.3 Å². The first-order chi connectivity index (χ1) is 12.5. The van der Waals surface area contributed by atoms with Crippen LogP contribution < -0.4 is 15.0 Å². The molecule has 0 bridgehead atoms. The van der Waals surface area contributed by atoms with Crippen LogP contribution in [0.3, 0.4) is 0 Å². The number of amides is 1. The maximum atomic E-state index is 13.2. The van der Waals surface area contributed by atoms with E-state index >= 15 is 0 Å². The lowest BCUT2D eigenvalue weighted by Crippen LogP contribution is -2.44. The first-order valence-electron chi connectivity index (χ1n) is 8.64. The lowest BCUT2D eigenvalue weighted by molar-refractivity contribution is -0.122. The van der Waals surface area contributed by atoms with E-state index in [0.29, 0.717) is 11.6 Å². The molecule has 0 radical (unpaired) electrons. The maximum Gasteiger partial charge on any atom is 0.266 e. The third kappa shape index (κ3) is 4.70. The molecule has 26 heavy (non-hydrogen) atoms. The summed E-state index contributed by atoms with van der Waals surface area (Å²) >= 11 is 0. The van der Waals surface area contributed by atoms with Crippen molar-refractivity contribution in [2.75, 3.05) is 43.4 Å². The Bertz CT molecular complexity index is 745. The van der Waals surface area contributed by atoms with Gasteiger partial charge in [-0.25, -0.2) is 9.37 Å². The zero-order valence-electron chi connectivity index (χ0n) is 15.0. The average molecular weight is 358 g/mol. The van der Waals surface area contributed by atoms with Gasteiger partial charge in [-0.05, 0) is 38.2 Å². The number of ether oxygens (including phenoxy) is 1. The highest BCUT2D eigenvalue weighted by Gasteiger charge is 2.17. The fourth-order valence-electron chi connectivity index (χ4n) is 2.74. The highest BCUT2D eigenvalue weighted by Crippen LogP contribution is 2.18. The molecule has 2 heterocycles. The number of likely N-dealkylation sites (N-methyl/N-ethyl adjacent to an activating group) is 1. The fraction of sp³-hybridized carbons (Fsp3) is 0.368. The van der Waals surface area contributed by atoms with E-state index in [2.05, 4.69) is 27.1 Å². The molecule has 1 atom stereocenters. The molecule has 6 nitrogen and oxygen atoms in total. The van der Waals surface area contributed by atoms with Crippen LogP contribution in [0.5, 0.6) is 5.75 Å². The van der Waals surface area contributed by atoms with Crippen molar-refractivity contribution in [3.8, 4) is 5.75 Å². The Balaban J connectivity index is 1.55. The molecule has 7 heteroatoms. The number of piperazine rings is 1. The van der Waals surface area contributed by atoms with Gasteiger partial charge in [0, 0.05) is 32.2 Å². The van der Waals surface area contributed by atoms with E-state index in [1.165, 1.54) is 18.2 Å².